The lowest BCUT2D eigenvalue weighted by Gasteiger charge is -2.28. The monoisotopic (exact) mass is 492 g/mol. The van der Waals surface area contributed by atoms with Crippen molar-refractivity contribution in [1.29, 1.82) is 0 Å². The fraction of sp³-hybridized carbons (Fsp3) is 0.364. The lowest BCUT2D eigenvalue weighted by molar-refractivity contribution is 0.0749. The normalized spacial score (nSPS) is 13.7. The van der Waals surface area contributed by atoms with Crippen LogP contribution in [0.15, 0.2) is 104 Å². The van der Waals surface area contributed by atoms with Crippen molar-refractivity contribution in [3.63, 3.8) is 0 Å². The molecule has 4 heteroatoms. The van der Waals surface area contributed by atoms with E-state index >= 15 is 0 Å². The van der Waals surface area contributed by atoms with Crippen molar-refractivity contribution in [3.05, 3.63) is 104 Å². The Morgan fingerprint density at radius 1 is 0.811 bits per heavy atom. The topological polar surface area (TPSA) is 27.1 Å². The molecule has 0 saturated heterocycles. The summed E-state index contributed by atoms with van der Waals surface area (Å²) in [6.45, 7) is 6.45. The number of rotatable bonds is 9. The molecule has 1 aliphatic rings. The van der Waals surface area contributed by atoms with Crippen molar-refractivity contribution in [2.24, 2.45) is 0 Å². The maximum atomic E-state index is 5.55. The van der Waals surface area contributed by atoms with Crippen LogP contribution in [0.5, 0.6) is 0 Å². The minimum absolute atomic E-state index is 0.307. The molecule has 3 aromatic carbocycles. The van der Waals surface area contributed by atoms with Gasteiger partial charge < -0.3 is 9.30 Å². The van der Waals surface area contributed by atoms with Gasteiger partial charge in [-0.05, 0) is 25.8 Å². The molecule has 1 aliphatic carbocycles. The second-order valence-corrected chi connectivity index (χ2v) is 10.3. The molecule has 1 saturated carbocycles. The van der Waals surface area contributed by atoms with Crippen LogP contribution in [-0.2, 0) is 11.3 Å². The van der Waals surface area contributed by atoms with Crippen molar-refractivity contribution in [2.45, 2.75) is 70.8 Å². The van der Waals surface area contributed by atoms with Crippen molar-refractivity contribution < 1.29 is 4.74 Å². The van der Waals surface area contributed by atoms with Gasteiger partial charge in [-0.15, -0.1) is 0 Å². The van der Waals surface area contributed by atoms with Gasteiger partial charge in [-0.1, -0.05) is 140 Å². The van der Waals surface area contributed by atoms with Gasteiger partial charge in [-0.3, -0.25) is 0 Å². The van der Waals surface area contributed by atoms with E-state index in [4.69, 9.17) is 4.74 Å². The Morgan fingerprint density at radius 3 is 1.95 bits per heavy atom. The van der Waals surface area contributed by atoms with E-state index in [-0.39, 0.29) is 0 Å². The molecule has 0 bridgehead atoms. The number of aromatic nitrogens is 2. The summed E-state index contributed by atoms with van der Waals surface area (Å²) in [5, 5.41) is 0. The molecule has 1 heterocycles. The molecule has 5 rings (SSSR count). The first-order valence-electron chi connectivity index (χ1n) is 14.0. The fourth-order valence-electron chi connectivity index (χ4n) is 5.43. The van der Waals surface area contributed by atoms with Crippen molar-refractivity contribution in [2.75, 3.05) is 6.61 Å². The molecule has 1 fully saturated rings. The van der Waals surface area contributed by atoms with Crippen LogP contribution in [0.3, 0.4) is 0 Å². The van der Waals surface area contributed by atoms with Crippen LogP contribution in [-0.4, -0.2) is 29.0 Å². The predicted octanol–water partition coefficient (Wildman–Crippen LogP) is 7.00. The quantitative estimate of drug-likeness (QED) is 0.186. The van der Waals surface area contributed by atoms with Gasteiger partial charge >= 0.3 is 0 Å². The van der Waals surface area contributed by atoms with Gasteiger partial charge in [0.05, 0.1) is 24.3 Å². The summed E-state index contributed by atoms with van der Waals surface area (Å²) in [5.74, 6) is 0.818. The molecule has 0 atom stereocenters. The Morgan fingerprint density at radius 2 is 1.38 bits per heavy atom. The SMILES string of the molecule is CC(C)OCCCn1cncc1-c1ccccc1.c1ccc(B(c2ccccc2)C2CCCCC2)cc1. The van der Waals surface area contributed by atoms with Gasteiger partial charge in [-0.2, -0.15) is 0 Å². The van der Waals surface area contributed by atoms with Crippen LogP contribution in [0, 0.1) is 0 Å². The molecule has 0 aliphatic heterocycles. The summed E-state index contributed by atoms with van der Waals surface area (Å²) in [7, 11) is 0. The van der Waals surface area contributed by atoms with Gasteiger partial charge in [0.15, 0.2) is 0 Å². The minimum Gasteiger partial charge on any atom is -0.379 e. The van der Waals surface area contributed by atoms with Crippen molar-refractivity contribution in [3.8, 4) is 11.3 Å². The second-order valence-electron chi connectivity index (χ2n) is 10.3. The molecule has 0 radical (unpaired) electrons. The number of aryl methyl sites for hydroxylation is 1. The molecule has 0 N–H and O–H groups in total. The average molecular weight is 493 g/mol. The Labute approximate surface area is 224 Å². The first-order valence-corrected chi connectivity index (χ1v) is 14.0. The largest absolute Gasteiger partial charge is 0.379 e. The molecule has 1 aromatic heterocycles. The number of imidazole rings is 1. The highest BCUT2D eigenvalue weighted by molar-refractivity contribution is 6.86. The van der Waals surface area contributed by atoms with E-state index in [1.165, 1.54) is 54.3 Å². The van der Waals surface area contributed by atoms with Crippen LogP contribution in [0.1, 0.15) is 52.4 Å². The van der Waals surface area contributed by atoms with Crippen molar-refractivity contribution >= 4 is 17.6 Å². The maximum absolute atomic E-state index is 5.55. The Kier molecular flexibility index (Phi) is 10.6. The van der Waals surface area contributed by atoms with E-state index < -0.39 is 0 Å². The first-order chi connectivity index (χ1) is 18.2. The standard InChI is InChI=1S/C18H21B.C15H20N2O/c1-4-10-16(11-5-1)19(17-12-6-2-7-13-17)18-14-8-3-9-15-18;1-13(2)18-10-6-9-17-12-16-11-15(17)14-7-4-3-5-8-14/h1-2,4-7,10-13,18H,3,8-9,14-15H2;3-5,7-8,11-13H,6,9-10H2,1-2H3. The summed E-state index contributed by atoms with van der Waals surface area (Å²) in [4.78, 5) is 4.23. The molecule has 4 aromatic rings. The van der Waals surface area contributed by atoms with Gasteiger partial charge in [0.2, 0.25) is 6.71 Å². The van der Waals surface area contributed by atoms with Crippen molar-refractivity contribution in [1.82, 2.24) is 9.55 Å². The number of nitrogens with zero attached hydrogens (tertiary/aromatic N) is 2. The zero-order chi connectivity index (χ0) is 25.7. The van der Waals surface area contributed by atoms with Crippen LogP contribution >= 0.6 is 0 Å². The van der Waals surface area contributed by atoms with E-state index in [2.05, 4.69) is 108 Å². The van der Waals surface area contributed by atoms with E-state index in [0.717, 1.165) is 25.4 Å². The zero-order valence-corrected chi connectivity index (χ0v) is 22.5. The summed E-state index contributed by atoms with van der Waals surface area (Å²) >= 11 is 0. The predicted molar refractivity (Wildman–Crippen MR) is 158 cm³/mol. The second kappa shape index (κ2) is 14.6. The number of hydrogen-bond acceptors (Lipinski definition) is 2. The minimum atomic E-state index is 0.307. The highest BCUT2D eigenvalue weighted by Crippen LogP contribution is 2.31. The maximum Gasteiger partial charge on any atom is 0.212 e. The number of hydrogen-bond donors (Lipinski definition) is 0. The van der Waals surface area contributed by atoms with Gasteiger partial charge in [0.25, 0.3) is 0 Å². The molecule has 37 heavy (non-hydrogen) atoms. The lowest BCUT2D eigenvalue weighted by atomic mass is 9.32. The Bertz CT molecular complexity index is 1100. The summed E-state index contributed by atoms with van der Waals surface area (Å²) in [6, 6.07) is 32.5. The molecule has 192 valence electrons. The van der Waals surface area contributed by atoms with Gasteiger partial charge in [-0.25, -0.2) is 4.98 Å². The zero-order valence-electron chi connectivity index (χ0n) is 22.5. The van der Waals surface area contributed by atoms with Gasteiger partial charge in [0.1, 0.15) is 0 Å². The summed E-state index contributed by atoms with van der Waals surface area (Å²) in [6.07, 6.45) is 12.1. The average Bonchev–Trinajstić information content (AvgIpc) is 3.43. The third kappa shape index (κ3) is 8.20. The van der Waals surface area contributed by atoms with Crippen LogP contribution in [0.2, 0.25) is 5.82 Å². The molecule has 0 amide bonds. The van der Waals surface area contributed by atoms with E-state index in [9.17, 15) is 0 Å². The third-order valence-electron chi connectivity index (χ3n) is 7.22. The Balaban J connectivity index is 0.000000173. The molecule has 0 unspecified atom stereocenters. The molecule has 0 spiro atoms. The van der Waals surface area contributed by atoms with E-state index in [0.29, 0.717) is 12.8 Å². The summed E-state index contributed by atoms with van der Waals surface area (Å²) in [5.41, 5.74) is 5.35. The molecular weight excluding hydrogens is 451 g/mol. The highest BCUT2D eigenvalue weighted by atomic mass is 16.5. The van der Waals surface area contributed by atoms with Gasteiger partial charge in [0, 0.05) is 13.2 Å². The Hall–Kier alpha value is -3.11. The van der Waals surface area contributed by atoms with E-state index in [1.807, 2.05) is 18.6 Å². The highest BCUT2D eigenvalue weighted by Gasteiger charge is 2.29. The first kappa shape index (κ1) is 26.9. The number of ether oxygens (including phenoxy) is 1. The smallest absolute Gasteiger partial charge is 0.212 e. The van der Waals surface area contributed by atoms with Crippen LogP contribution in [0.4, 0.5) is 0 Å². The third-order valence-corrected chi connectivity index (χ3v) is 7.22. The van der Waals surface area contributed by atoms with Crippen LogP contribution in [0.25, 0.3) is 11.3 Å². The molecule has 3 nitrogen and oxygen atoms in total. The molecular formula is C33H41BN2O. The lowest BCUT2D eigenvalue weighted by Crippen LogP contribution is -2.46. The van der Waals surface area contributed by atoms with Crippen LogP contribution < -0.4 is 10.9 Å². The van der Waals surface area contributed by atoms with E-state index in [1.54, 1.807) is 0 Å². The summed E-state index contributed by atoms with van der Waals surface area (Å²) < 4.78 is 7.73. The fourth-order valence-corrected chi connectivity index (χ4v) is 5.43. The number of benzene rings is 3.